The number of aromatic hydroxyl groups is 1. The number of hydrogen-bond donors (Lipinski definition) is 2. The van der Waals surface area contributed by atoms with Crippen molar-refractivity contribution in [3.8, 4) is 11.5 Å². The number of carbonyl (C=O) groups is 1. The molecule has 1 aliphatic rings. The Hall–Kier alpha value is -1.75. The van der Waals surface area contributed by atoms with Gasteiger partial charge in [-0.1, -0.05) is 6.07 Å². The van der Waals surface area contributed by atoms with Gasteiger partial charge >= 0.3 is 0 Å². The number of likely N-dealkylation sites (tertiary alicyclic amines) is 1. The summed E-state index contributed by atoms with van der Waals surface area (Å²) < 4.78 is 4.98. The fourth-order valence-electron chi connectivity index (χ4n) is 2.17. The summed E-state index contributed by atoms with van der Waals surface area (Å²) in [6, 6.07) is 5.24. The molecule has 0 aliphatic carbocycles. The van der Waals surface area contributed by atoms with Crippen LogP contribution in [-0.4, -0.2) is 42.2 Å². The quantitative estimate of drug-likeness (QED) is 0.816. The number of amides is 1. The number of methoxy groups -OCH3 is 1. The highest BCUT2D eigenvalue weighted by Crippen LogP contribution is 2.26. The Morgan fingerprint density at radius 1 is 1.56 bits per heavy atom. The molecule has 1 fully saturated rings. The molecular formula is C13H18N2O3. The van der Waals surface area contributed by atoms with E-state index in [1.807, 2.05) is 6.07 Å². The smallest absolute Gasteiger partial charge is 0.224 e. The van der Waals surface area contributed by atoms with Gasteiger partial charge in [-0.25, -0.2) is 0 Å². The van der Waals surface area contributed by atoms with Crippen LogP contribution < -0.4 is 10.5 Å². The maximum atomic E-state index is 11.5. The number of hydrogen-bond acceptors (Lipinski definition) is 4. The normalized spacial score (nSPS) is 19.3. The molecule has 1 saturated heterocycles. The molecule has 0 spiro atoms. The zero-order chi connectivity index (χ0) is 13.1. The van der Waals surface area contributed by atoms with Crippen molar-refractivity contribution in [2.24, 2.45) is 5.73 Å². The van der Waals surface area contributed by atoms with Crippen LogP contribution in [0.15, 0.2) is 18.2 Å². The van der Waals surface area contributed by atoms with Gasteiger partial charge in [-0.15, -0.1) is 0 Å². The molecule has 18 heavy (non-hydrogen) atoms. The van der Waals surface area contributed by atoms with E-state index in [9.17, 15) is 9.90 Å². The summed E-state index contributed by atoms with van der Waals surface area (Å²) in [5.74, 6) is 0.692. The van der Waals surface area contributed by atoms with Crippen LogP contribution in [0.3, 0.4) is 0 Å². The molecule has 3 N–H and O–H groups in total. The summed E-state index contributed by atoms with van der Waals surface area (Å²) in [7, 11) is 1.51. The molecule has 1 heterocycles. The molecular weight excluding hydrogens is 232 g/mol. The largest absolute Gasteiger partial charge is 0.504 e. The number of nitrogens with zero attached hydrogens (tertiary/aromatic N) is 1. The zero-order valence-corrected chi connectivity index (χ0v) is 10.4. The molecule has 0 saturated carbocycles. The van der Waals surface area contributed by atoms with E-state index in [4.69, 9.17) is 10.5 Å². The minimum atomic E-state index is -0.0400. The molecule has 1 atom stereocenters. The maximum Gasteiger partial charge on any atom is 0.224 e. The third-order valence-electron chi connectivity index (χ3n) is 3.16. The molecule has 5 nitrogen and oxygen atoms in total. The topological polar surface area (TPSA) is 75.8 Å². The summed E-state index contributed by atoms with van der Waals surface area (Å²) in [5, 5.41) is 9.65. The molecule has 1 amide bonds. The first-order valence-electron chi connectivity index (χ1n) is 5.99. The average molecular weight is 250 g/mol. The van der Waals surface area contributed by atoms with E-state index in [2.05, 4.69) is 0 Å². The number of carbonyl (C=O) groups excluding carboxylic acids is 1. The second kappa shape index (κ2) is 5.27. The first kappa shape index (κ1) is 12.7. The highest BCUT2D eigenvalue weighted by molar-refractivity contribution is 5.79. The molecule has 0 aromatic heterocycles. The van der Waals surface area contributed by atoms with E-state index in [1.165, 1.54) is 7.11 Å². The van der Waals surface area contributed by atoms with Crippen LogP contribution in [-0.2, 0) is 11.2 Å². The fraction of sp³-hybridized carbons (Fsp3) is 0.462. The summed E-state index contributed by atoms with van der Waals surface area (Å²) in [6.45, 7) is 1.26. The van der Waals surface area contributed by atoms with Crippen molar-refractivity contribution in [2.45, 2.75) is 18.9 Å². The van der Waals surface area contributed by atoms with Gasteiger partial charge < -0.3 is 20.5 Å². The molecule has 2 rings (SSSR count). The molecule has 0 radical (unpaired) electrons. The molecule has 1 aliphatic heterocycles. The third-order valence-corrected chi connectivity index (χ3v) is 3.16. The Labute approximate surface area is 106 Å². The first-order valence-corrected chi connectivity index (χ1v) is 5.99. The minimum Gasteiger partial charge on any atom is -0.504 e. The number of phenolic OH excluding ortho intramolecular Hbond substituents is 1. The Kier molecular flexibility index (Phi) is 3.72. The SMILES string of the molecule is COc1ccc(CCN2CC(N)CC2=O)cc1O. The van der Waals surface area contributed by atoms with Gasteiger partial charge in [0, 0.05) is 25.6 Å². The summed E-state index contributed by atoms with van der Waals surface area (Å²) in [6.07, 6.45) is 1.14. The maximum absolute atomic E-state index is 11.5. The zero-order valence-electron chi connectivity index (χ0n) is 10.4. The Balaban J connectivity index is 1.94. The van der Waals surface area contributed by atoms with Crippen LogP contribution in [0.4, 0.5) is 0 Å². The lowest BCUT2D eigenvalue weighted by atomic mass is 10.1. The highest BCUT2D eigenvalue weighted by Gasteiger charge is 2.26. The van der Waals surface area contributed by atoms with Crippen LogP contribution in [0.25, 0.3) is 0 Å². The van der Waals surface area contributed by atoms with Gasteiger partial charge in [0.15, 0.2) is 11.5 Å². The predicted octanol–water partition coefficient (Wildman–Crippen LogP) is 0.503. The Morgan fingerprint density at radius 2 is 2.33 bits per heavy atom. The van der Waals surface area contributed by atoms with Gasteiger partial charge in [0.1, 0.15) is 0 Å². The predicted molar refractivity (Wildman–Crippen MR) is 67.5 cm³/mol. The van der Waals surface area contributed by atoms with Crippen LogP contribution in [0.2, 0.25) is 0 Å². The Morgan fingerprint density at radius 3 is 2.89 bits per heavy atom. The molecule has 1 aromatic carbocycles. The first-order chi connectivity index (χ1) is 8.60. The third kappa shape index (κ3) is 2.73. The monoisotopic (exact) mass is 250 g/mol. The molecule has 0 bridgehead atoms. The fourth-order valence-corrected chi connectivity index (χ4v) is 2.17. The molecule has 1 aromatic rings. The van der Waals surface area contributed by atoms with Crippen molar-refractivity contribution in [1.82, 2.24) is 4.90 Å². The van der Waals surface area contributed by atoms with Gasteiger partial charge in [-0.2, -0.15) is 0 Å². The van der Waals surface area contributed by atoms with Gasteiger partial charge in [-0.3, -0.25) is 4.79 Å². The number of ether oxygens (including phenoxy) is 1. The molecule has 1 unspecified atom stereocenters. The van der Waals surface area contributed by atoms with Crippen molar-refractivity contribution < 1.29 is 14.6 Å². The Bertz CT molecular complexity index is 448. The van der Waals surface area contributed by atoms with Crippen molar-refractivity contribution >= 4 is 5.91 Å². The van der Waals surface area contributed by atoms with Gasteiger partial charge in [0.25, 0.3) is 0 Å². The lowest BCUT2D eigenvalue weighted by Crippen LogP contribution is -2.30. The van der Waals surface area contributed by atoms with Crippen molar-refractivity contribution in [1.29, 1.82) is 0 Å². The number of phenols is 1. The van der Waals surface area contributed by atoms with Gasteiger partial charge in [-0.05, 0) is 24.1 Å². The molecule has 98 valence electrons. The van der Waals surface area contributed by atoms with Gasteiger partial charge in [0.2, 0.25) is 5.91 Å². The van der Waals surface area contributed by atoms with E-state index >= 15 is 0 Å². The van der Waals surface area contributed by atoms with E-state index in [-0.39, 0.29) is 17.7 Å². The van der Waals surface area contributed by atoms with Crippen LogP contribution >= 0.6 is 0 Å². The van der Waals surface area contributed by atoms with E-state index in [0.717, 1.165) is 5.56 Å². The van der Waals surface area contributed by atoms with Crippen LogP contribution in [0, 0.1) is 0 Å². The summed E-state index contributed by atoms with van der Waals surface area (Å²) in [4.78, 5) is 13.3. The van der Waals surface area contributed by atoms with E-state index in [1.54, 1.807) is 17.0 Å². The number of benzene rings is 1. The van der Waals surface area contributed by atoms with E-state index < -0.39 is 0 Å². The highest BCUT2D eigenvalue weighted by atomic mass is 16.5. The van der Waals surface area contributed by atoms with E-state index in [0.29, 0.717) is 31.7 Å². The second-order valence-corrected chi connectivity index (χ2v) is 4.56. The van der Waals surface area contributed by atoms with Crippen molar-refractivity contribution in [3.05, 3.63) is 23.8 Å². The average Bonchev–Trinajstić information content (AvgIpc) is 2.65. The number of rotatable bonds is 4. The molecule has 5 heteroatoms. The summed E-state index contributed by atoms with van der Waals surface area (Å²) in [5.41, 5.74) is 6.70. The minimum absolute atomic E-state index is 0.0400. The second-order valence-electron chi connectivity index (χ2n) is 4.56. The summed E-state index contributed by atoms with van der Waals surface area (Å²) >= 11 is 0. The standard InChI is InChI=1S/C13H18N2O3/c1-18-12-3-2-9(6-11(12)16)4-5-15-8-10(14)7-13(15)17/h2-3,6,10,16H,4-5,7-8,14H2,1H3. The number of nitrogens with two attached hydrogens (primary N) is 1. The van der Waals surface area contributed by atoms with Crippen molar-refractivity contribution in [3.63, 3.8) is 0 Å². The van der Waals surface area contributed by atoms with Gasteiger partial charge in [0.05, 0.1) is 7.11 Å². The van der Waals surface area contributed by atoms with Crippen molar-refractivity contribution in [2.75, 3.05) is 20.2 Å². The lowest BCUT2D eigenvalue weighted by Gasteiger charge is -2.16. The van der Waals surface area contributed by atoms with Crippen LogP contribution in [0.5, 0.6) is 11.5 Å². The lowest BCUT2D eigenvalue weighted by molar-refractivity contribution is -0.127. The van der Waals surface area contributed by atoms with Crippen LogP contribution in [0.1, 0.15) is 12.0 Å².